The maximum Gasteiger partial charge on any atom is 0.163 e. The summed E-state index contributed by atoms with van der Waals surface area (Å²) in [5, 5.41) is 1.92. The zero-order valence-corrected chi connectivity index (χ0v) is 11.5. The van der Waals surface area contributed by atoms with Gasteiger partial charge < -0.3 is 4.74 Å². The molecule has 0 aliphatic heterocycles. The number of aromatic nitrogens is 1. The first-order chi connectivity index (χ1) is 8.16. The van der Waals surface area contributed by atoms with Gasteiger partial charge in [0, 0.05) is 9.85 Å². The number of hydrogen-bond donors (Lipinski definition) is 0. The Kier molecular flexibility index (Phi) is 3.91. The third-order valence-corrected chi connectivity index (χ3v) is 3.31. The molecule has 0 radical (unpaired) electrons. The van der Waals surface area contributed by atoms with E-state index in [4.69, 9.17) is 4.74 Å². The van der Waals surface area contributed by atoms with Crippen LogP contribution in [0.25, 0.3) is 0 Å². The van der Waals surface area contributed by atoms with Crippen LogP contribution in [-0.2, 0) is 6.61 Å². The lowest BCUT2D eigenvalue weighted by Gasteiger charge is -2.08. The highest BCUT2D eigenvalue weighted by molar-refractivity contribution is 9.10. The predicted molar refractivity (Wildman–Crippen MR) is 70.6 cm³/mol. The molecule has 1 aromatic heterocycles. The summed E-state index contributed by atoms with van der Waals surface area (Å²) in [6.45, 7) is 1.91. The second-order valence-corrected chi connectivity index (χ2v) is 5.10. The zero-order valence-electron chi connectivity index (χ0n) is 9.14. The molecule has 0 N–H and O–H groups in total. The molecule has 0 aliphatic rings. The summed E-state index contributed by atoms with van der Waals surface area (Å²) >= 11 is 4.86. The number of carbonyl (C=O) groups excluding carboxylic acids is 1. The molecular weight excluding hydrogens is 302 g/mol. The van der Waals surface area contributed by atoms with Gasteiger partial charge in [0.25, 0.3) is 0 Å². The average molecular weight is 312 g/mol. The van der Waals surface area contributed by atoms with Crippen LogP contribution in [0.15, 0.2) is 33.6 Å². The SMILES string of the molecule is CC(=O)c1cc(Br)ccc1OCc1cscn1. The first-order valence-electron chi connectivity index (χ1n) is 4.97. The van der Waals surface area contributed by atoms with Crippen LogP contribution in [0, 0.1) is 0 Å². The molecule has 0 spiro atoms. The molecular formula is C12H10BrNO2S. The number of Topliss-reactive ketones (excluding diaryl/α,β-unsaturated/α-hetero) is 1. The van der Waals surface area contributed by atoms with Crippen molar-refractivity contribution in [1.82, 2.24) is 4.98 Å². The summed E-state index contributed by atoms with van der Waals surface area (Å²) < 4.78 is 6.46. The Morgan fingerprint density at radius 1 is 1.53 bits per heavy atom. The molecule has 3 nitrogen and oxygen atoms in total. The predicted octanol–water partition coefficient (Wildman–Crippen LogP) is 3.69. The largest absolute Gasteiger partial charge is 0.487 e. The number of thiazole rings is 1. The van der Waals surface area contributed by atoms with Crippen LogP contribution in [0.1, 0.15) is 23.0 Å². The van der Waals surface area contributed by atoms with Crippen LogP contribution >= 0.6 is 27.3 Å². The van der Waals surface area contributed by atoms with Gasteiger partial charge in [0.2, 0.25) is 0 Å². The van der Waals surface area contributed by atoms with Crippen LogP contribution in [-0.4, -0.2) is 10.8 Å². The van der Waals surface area contributed by atoms with Crippen molar-refractivity contribution in [3.8, 4) is 5.75 Å². The summed E-state index contributed by atoms with van der Waals surface area (Å²) in [5.41, 5.74) is 3.20. The van der Waals surface area contributed by atoms with E-state index in [1.807, 2.05) is 11.4 Å². The lowest BCUT2D eigenvalue weighted by molar-refractivity contribution is 0.101. The topological polar surface area (TPSA) is 39.2 Å². The minimum Gasteiger partial charge on any atom is -0.487 e. The summed E-state index contributed by atoms with van der Waals surface area (Å²) in [6.07, 6.45) is 0. The van der Waals surface area contributed by atoms with Crippen molar-refractivity contribution in [2.45, 2.75) is 13.5 Å². The molecule has 1 aromatic carbocycles. The van der Waals surface area contributed by atoms with E-state index in [-0.39, 0.29) is 5.78 Å². The van der Waals surface area contributed by atoms with Gasteiger partial charge in [-0.3, -0.25) is 4.79 Å². The van der Waals surface area contributed by atoms with Gasteiger partial charge in [-0.25, -0.2) is 4.98 Å². The number of rotatable bonds is 4. The Hall–Kier alpha value is -1.20. The van der Waals surface area contributed by atoms with Gasteiger partial charge in [-0.2, -0.15) is 0 Å². The molecule has 88 valence electrons. The van der Waals surface area contributed by atoms with Gasteiger partial charge in [0.05, 0.1) is 16.8 Å². The Labute approximate surface area is 112 Å². The smallest absolute Gasteiger partial charge is 0.163 e. The van der Waals surface area contributed by atoms with Crippen LogP contribution in [0.4, 0.5) is 0 Å². The van der Waals surface area contributed by atoms with Gasteiger partial charge in [-0.05, 0) is 25.1 Å². The van der Waals surface area contributed by atoms with Gasteiger partial charge >= 0.3 is 0 Å². The number of ketones is 1. The first-order valence-corrected chi connectivity index (χ1v) is 6.71. The van der Waals surface area contributed by atoms with Gasteiger partial charge in [0.15, 0.2) is 5.78 Å². The fourth-order valence-electron chi connectivity index (χ4n) is 1.36. The number of ether oxygens (including phenoxy) is 1. The van der Waals surface area contributed by atoms with E-state index in [0.717, 1.165) is 10.2 Å². The average Bonchev–Trinajstić information content (AvgIpc) is 2.80. The highest BCUT2D eigenvalue weighted by Gasteiger charge is 2.09. The molecule has 0 amide bonds. The molecule has 1 heterocycles. The van der Waals surface area contributed by atoms with Crippen molar-refractivity contribution in [3.63, 3.8) is 0 Å². The molecule has 0 bridgehead atoms. The molecule has 0 fully saturated rings. The molecule has 5 heteroatoms. The highest BCUT2D eigenvalue weighted by atomic mass is 79.9. The summed E-state index contributed by atoms with van der Waals surface area (Å²) in [5.74, 6) is 0.577. The highest BCUT2D eigenvalue weighted by Crippen LogP contribution is 2.24. The Balaban J connectivity index is 2.17. The molecule has 0 aliphatic carbocycles. The second-order valence-electron chi connectivity index (χ2n) is 3.47. The fourth-order valence-corrected chi connectivity index (χ4v) is 2.27. The van der Waals surface area contributed by atoms with Crippen LogP contribution in [0.2, 0.25) is 0 Å². The van der Waals surface area contributed by atoms with E-state index in [2.05, 4.69) is 20.9 Å². The normalized spacial score (nSPS) is 10.2. The molecule has 2 rings (SSSR count). The van der Waals surface area contributed by atoms with E-state index in [9.17, 15) is 4.79 Å². The van der Waals surface area contributed by atoms with Crippen LogP contribution < -0.4 is 4.74 Å². The molecule has 0 saturated carbocycles. The third-order valence-electron chi connectivity index (χ3n) is 2.18. The van der Waals surface area contributed by atoms with E-state index >= 15 is 0 Å². The van der Waals surface area contributed by atoms with E-state index in [1.165, 1.54) is 18.3 Å². The van der Waals surface area contributed by atoms with E-state index in [1.54, 1.807) is 17.6 Å². The maximum atomic E-state index is 11.5. The molecule has 0 unspecified atom stereocenters. The zero-order chi connectivity index (χ0) is 12.3. The van der Waals surface area contributed by atoms with Crippen molar-refractivity contribution in [2.24, 2.45) is 0 Å². The summed E-state index contributed by atoms with van der Waals surface area (Å²) in [4.78, 5) is 15.6. The Bertz CT molecular complexity index is 525. The number of halogens is 1. The van der Waals surface area contributed by atoms with Gasteiger partial charge in [-0.1, -0.05) is 15.9 Å². The third kappa shape index (κ3) is 3.14. The molecule has 0 atom stereocenters. The van der Waals surface area contributed by atoms with Crippen LogP contribution in [0.5, 0.6) is 5.75 Å². The van der Waals surface area contributed by atoms with Crippen molar-refractivity contribution in [1.29, 1.82) is 0 Å². The second kappa shape index (κ2) is 5.42. The van der Waals surface area contributed by atoms with Gasteiger partial charge in [-0.15, -0.1) is 11.3 Å². The Morgan fingerprint density at radius 3 is 3.00 bits per heavy atom. The summed E-state index contributed by atoms with van der Waals surface area (Å²) in [7, 11) is 0. The monoisotopic (exact) mass is 311 g/mol. The minimum atomic E-state index is -0.0143. The van der Waals surface area contributed by atoms with E-state index < -0.39 is 0 Å². The number of nitrogens with zero attached hydrogens (tertiary/aromatic N) is 1. The van der Waals surface area contributed by atoms with Gasteiger partial charge in [0.1, 0.15) is 12.4 Å². The standard InChI is InChI=1S/C12H10BrNO2S/c1-8(15)11-4-9(13)2-3-12(11)16-5-10-6-17-7-14-10/h2-4,6-7H,5H2,1H3. The molecule has 17 heavy (non-hydrogen) atoms. The van der Waals surface area contributed by atoms with Crippen molar-refractivity contribution in [2.75, 3.05) is 0 Å². The lowest BCUT2D eigenvalue weighted by atomic mass is 10.1. The lowest BCUT2D eigenvalue weighted by Crippen LogP contribution is -2.01. The number of carbonyl (C=O) groups is 1. The summed E-state index contributed by atoms with van der Waals surface area (Å²) in [6, 6.07) is 5.40. The Morgan fingerprint density at radius 2 is 2.35 bits per heavy atom. The fraction of sp³-hybridized carbons (Fsp3) is 0.167. The van der Waals surface area contributed by atoms with Crippen molar-refractivity contribution < 1.29 is 9.53 Å². The quantitative estimate of drug-likeness (QED) is 0.808. The molecule has 0 saturated heterocycles. The minimum absolute atomic E-state index is 0.0143. The van der Waals surface area contributed by atoms with E-state index in [0.29, 0.717) is 17.9 Å². The maximum absolute atomic E-state index is 11.5. The van der Waals surface area contributed by atoms with Crippen molar-refractivity contribution >= 4 is 33.0 Å². The van der Waals surface area contributed by atoms with Crippen molar-refractivity contribution in [3.05, 3.63) is 44.8 Å². The number of benzene rings is 1. The molecule has 2 aromatic rings. The van der Waals surface area contributed by atoms with Crippen LogP contribution in [0.3, 0.4) is 0 Å². The first kappa shape index (κ1) is 12.3. The number of hydrogen-bond acceptors (Lipinski definition) is 4.